The molecule has 0 amide bonds. The van der Waals surface area contributed by atoms with Crippen LogP contribution in [0.1, 0.15) is 0 Å². The van der Waals surface area contributed by atoms with Crippen LogP contribution in [0.3, 0.4) is 0 Å². The van der Waals surface area contributed by atoms with Crippen molar-refractivity contribution in [3.8, 4) is 0 Å². The van der Waals surface area contributed by atoms with Crippen LogP contribution in [0.5, 0.6) is 0 Å². The van der Waals surface area contributed by atoms with E-state index >= 15 is 0 Å². The molecule has 0 heterocycles. The lowest BCUT2D eigenvalue weighted by molar-refractivity contribution is 0.343. The summed E-state index contributed by atoms with van der Waals surface area (Å²) in [5, 5.41) is 7.93. The van der Waals surface area contributed by atoms with Crippen LogP contribution in [0.15, 0.2) is 12.2 Å². The number of rotatable bonds is 2. The molecular weight excluding hydrogens is 80.0 g/mol. The van der Waals surface area contributed by atoms with Gasteiger partial charge in [0.15, 0.2) is 0 Å². The molecule has 0 aliphatic rings. The van der Waals surface area contributed by atoms with E-state index in [1.54, 1.807) is 0 Å². The van der Waals surface area contributed by atoms with Crippen LogP contribution in [0.4, 0.5) is 0 Å². The summed E-state index contributed by atoms with van der Waals surface area (Å²) < 4.78 is 0. The van der Waals surface area contributed by atoms with Gasteiger partial charge in [-0.15, -0.1) is 0 Å². The minimum Gasteiger partial charge on any atom is -0.392 e. The van der Waals surface area contributed by atoms with E-state index in [-0.39, 0.29) is 6.61 Å². The van der Waals surface area contributed by atoms with Gasteiger partial charge < -0.3 is 5.11 Å². The van der Waals surface area contributed by atoms with E-state index in [9.17, 15) is 4.79 Å². The highest BCUT2D eigenvalue weighted by Gasteiger charge is 1.61. The number of aliphatic hydroxyl groups is 1. The van der Waals surface area contributed by atoms with Gasteiger partial charge in [-0.05, 0) is 6.08 Å². The molecule has 1 N–H and O–H groups in total. The third-order valence-electron chi connectivity index (χ3n) is 0.291. The van der Waals surface area contributed by atoms with Crippen molar-refractivity contribution in [2.45, 2.75) is 0 Å². The van der Waals surface area contributed by atoms with Crippen molar-refractivity contribution in [1.82, 2.24) is 0 Å². The number of hydrogen-bond acceptors (Lipinski definition) is 2. The topological polar surface area (TPSA) is 37.3 Å². The molecule has 0 aromatic carbocycles. The summed E-state index contributed by atoms with van der Waals surface area (Å²) in [4.78, 5) is 9.24. The van der Waals surface area contributed by atoms with Gasteiger partial charge in [0.1, 0.15) is 0 Å². The zero-order valence-corrected chi connectivity index (χ0v) is 3.22. The van der Waals surface area contributed by atoms with Crippen molar-refractivity contribution in [2.24, 2.45) is 0 Å². The minimum absolute atomic E-state index is 0.0881. The lowest BCUT2D eigenvalue weighted by Crippen LogP contribution is -1.69. The van der Waals surface area contributed by atoms with Crippen LogP contribution in [0, 0.1) is 0 Å². The monoisotopic (exact) mass is 85.0 g/mol. The molecule has 6 heavy (non-hydrogen) atoms. The predicted octanol–water partition coefficient (Wildman–Crippen LogP) is -0.355. The Bertz CT molecular complexity index is 56.6. The van der Waals surface area contributed by atoms with Crippen molar-refractivity contribution in [3.63, 3.8) is 0 Å². The number of allylic oxidation sites excluding steroid dienone is 1. The van der Waals surface area contributed by atoms with Gasteiger partial charge in [-0.3, -0.25) is 4.79 Å². The molecule has 2 heteroatoms. The van der Waals surface area contributed by atoms with Crippen LogP contribution in [0.2, 0.25) is 0 Å². The van der Waals surface area contributed by atoms with Crippen LogP contribution in [-0.4, -0.2) is 18.0 Å². The molecule has 0 rings (SSSR count). The Morgan fingerprint density at radius 3 is 2.67 bits per heavy atom. The van der Waals surface area contributed by atoms with E-state index in [1.165, 1.54) is 12.4 Å². The van der Waals surface area contributed by atoms with Crippen LogP contribution < -0.4 is 0 Å². The summed E-state index contributed by atoms with van der Waals surface area (Å²) in [6.07, 6.45) is 3.92. The molecular formula is C4H5O2. The SMILES string of the molecule is O=[C]C=CCO. The second-order valence-electron chi connectivity index (χ2n) is 0.703. The maximum atomic E-state index is 9.24. The molecule has 1 radical (unpaired) electrons. The molecule has 0 atom stereocenters. The molecule has 0 aromatic rings. The van der Waals surface area contributed by atoms with E-state index in [1.807, 2.05) is 0 Å². The molecule has 0 aliphatic heterocycles. The standard InChI is InChI=1S/C4H5O2/c5-3-1-2-4-6/h1-2,5H,3H2. The maximum Gasteiger partial charge on any atom is 0.225 e. The fourth-order valence-corrected chi connectivity index (χ4v) is 0.101. The molecule has 0 saturated carbocycles. The largest absolute Gasteiger partial charge is 0.392 e. The van der Waals surface area contributed by atoms with Gasteiger partial charge in [-0.25, -0.2) is 0 Å². The molecule has 0 aromatic heterocycles. The second-order valence-corrected chi connectivity index (χ2v) is 0.703. The lowest BCUT2D eigenvalue weighted by atomic mass is 10.5. The maximum absolute atomic E-state index is 9.24. The summed E-state index contributed by atoms with van der Waals surface area (Å²) in [5.74, 6) is 0. The molecule has 0 fully saturated rings. The van der Waals surface area contributed by atoms with Gasteiger partial charge >= 0.3 is 0 Å². The van der Waals surface area contributed by atoms with Crippen molar-refractivity contribution >= 4 is 6.29 Å². The summed E-state index contributed by atoms with van der Waals surface area (Å²) in [6, 6.07) is 0. The highest BCUT2D eigenvalue weighted by molar-refractivity contribution is 5.65. The Labute approximate surface area is 36.1 Å². The molecule has 33 valence electrons. The first-order valence-electron chi connectivity index (χ1n) is 1.55. The van der Waals surface area contributed by atoms with E-state index in [0.29, 0.717) is 0 Å². The van der Waals surface area contributed by atoms with Crippen LogP contribution >= 0.6 is 0 Å². The van der Waals surface area contributed by atoms with E-state index in [2.05, 4.69) is 0 Å². The average Bonchev–Trinajstić information content (AvgIpc) is 1.61. The Balaban J connectivity index is 2.94. The molecule has 0 spiro atoms. The fraction of sp³-hybridized carbons (Fsp3) is 0.250. The third kappa shape index (κ3) is 3.37. The van der Waals surface area contributed by atoms with Gasteiger partial charge in [0.2, 0.25) is 6.29 Å². The van der Waals surface area contributed by atoms with E-state index in [4.69, 9.17) is 5.11 Å². The van der Waals surface area contributed by atoms with Gasteiger partial charge in [0, 0.05) is 0 Å². The van der Waals surface area contributed by atoms with Crippen molar-refractivity contribution in [3.05, 3.63) is 12.2 Å². The number of aliphatic hydroxyl groups excluding tert-OH is 1. The normalized spacial score (nSPS) is 9.50. The van der Waals surface area contributed by atoms with Gasteiger partial charge in [0.25, 0.3) is 0 Å². The second kappa shape index (κ2) is 4.37. The van der Waals surface area contributed by atoms with Gasteiger partial charge in [-0.1, -0.05) is 6.08 Å². The van der Waals surface area contributed by atoms with Crippen LogP contribution in [-0.2, 0) is 4.79 Å². The van der Waals surface area contributed by atoms with Gasteiger partial charge in [-0.2, -0.15) is 0 Å². The molecule has 0 bridgehead atoms. The molecule has 0 saturated heterocycles. The lowest BCUT2D eigenvalue weighted by Gasteiger charge is -1.65. The smallest absolute Gasteiger partial charge is 0.225 e. The Morgan fingerprint density at radius 1 is 1.83 bits per heavy atom. The van der Waals surface area contributed by atoms with Gasteiger partial charge in [0.05, 0.1) is 6.61 Å². The van der Waals surface area contributed by atoms with Crippen molar-refractivity contribution in [1.29, 1.82) is 0 Å². The Kier molecular flexibility index (Phi) is 3.91. The highest BCUT2D eigenvalue weighted by Crippen LogP contribution is 1.59. The fourth-order valence-electron chi connectivity index (χ4n) is 0.101. The van der Waals surface area contributed by atoms with Crippen molar-refractivity contribution in [2.75, 3.05) is 6.61 Å². The van der Waals surface area contributed by atoms with Crippen molar-refractivity contribution < 1.29 is 9.90 Å². The first kappa shape index (κ1) is 5.37. The highest BCUT2D eigenvalue weighted by atomic mass is 16.2. The molecule has 2 nitrogen and oxygen atoms in total. The summed E-state index contributed by atoms with van der Waals surface area (Å²) in [6.45, 7) is -0.0881. The third-order valence-corrected chi connectivity index (χ3v) is 0.291. The summed E-state index contributed by atoms with van der Waals surface area (Å²) in [7, 11) is 0. The Hall–Kier alpha value is -0.630. The average molecular weight is 85.1 g/mol. The first-order valence-corrected chi connectivity index (χ1v) is 1.55. The number of carbonyl (C=O) groups excluding carboxylic acids is 1. The quantitative estimate of drug-likeness (QED) is 0.465. The minimum atomic E-state index is -0.0881. The summed E-state index contributed by atoms with van der Waals surface area (Å²) in [5.41, 5.74) is 0. The molecule has 0 unspecified atom stereocenters. The zero-order chi connectivity index (χ0) is 4.83. The predicted molar refractivity (Wildman–Crippen MR) is 21.9 cm³/mol. The summed E-state index contributed by atoms with van der Waals surface area (Å²) >= 11 is 0. The zero-order valence-electron chi connectivity index (χ0n) is 3.22. The first-order chi connectivity index (χ1) is 2.91. The Morgan fingerprint density at radius 2 is 2.50 bits per heavy atom. The van der Waals surface area contributed by atoms with E-state index < -0.39 is 0 Å². The van der Waals surface area contributed by atoms with Crippen LogP contribution in [0.25, 0.3) is 0 Å². The molecule has 0 aliphatic carbocycles. The number of hydrogen-bond donors (Lipinski definition) is 1. The van der Waals surface area contributed by atoms with E-state index in [0.717, 1.165) is 6.08 Å².